The molecule has 20 heavy (non-hydrogen) atoms. The lowest BCUT2D eigenvalue weighted by Gasteiger charge is -2.31. The van der Waals surface area contributed by atoms with E-state index in [1.165, 1.54) is 31.6 Å². The van der Waals surface area contributed by atoms with Crippen molar-refractivity contribution in [3.63, 3.8) is 0 Å². The highest BCUT2D eigenvalue weighted by atomic mass is 16.4. The number of aromatic nitrogens is 2. The van der Waals surface area contributed by atoms with Crippen molar-refractivity contribution in [1.82, 2.24) is 14.7 Å². The summed E-state index contributed by atoms with van der Waals surface area (Å²) >= 11 is 0. The molecule has 5 heteroatoms. The van der Waals surface area contributed by atoms with Gasteiger partial charge in [-0.2, -0.15) is 5.10 Å². The molecule has 5 nitrogen and oxygen atoms in total. The summed E-state index contributed by atoms with van der Waals surface area (Å²) in [5, 5.41) is 13.7. The van der Waals surface area contributed by atoms with Gasteiger partial charge in [0.05, 0.1) is 0 Å². The maximum atomic E-state index is 11.4. The fourth-order valence-corrected chi connectivity index (χ4v) is 3.66. The Morgan fingerprint density at radius 3 is 2.80 bits per heavy atom. The van der Waals surface area contributed by atoms with Gasteiger partial charge < -0.3 is 10.0 Å². The molecule has 0 aromatic carbocycles. The fourth-order valence-electron chi connectivity index (χ4n) is 3.66. The predicted octanol–water partition coefficient (Wildman–Crippen LogP) is 1.94. The zero-order chi connectivity index (χ0) is 14.1. The number of carboxylic acid groups (broad SMARTS) is 1. The molecular formula is C15H23N3O2. The predicted molar refractivity (Wildman–Crippen MR) is 76.1 cm³/mol. The average Bonchev–Trinajstić information content (AvgIpc) is 3.06. The maximum Gasteiger partial charge on any atom is 0.356 e. The lowest BCUT2D eigenvalue weighted by Crippen LogP contribution is -2.37. The summed E-state index contributed by atoms with van der Waals surface area (Å²) in [6, 6.07) is 0.516. The van der Waals surface area contributed by atoms with E-state index in [2.05, 4.69) is 16.9 Å². The third-order valence-electron chi connectivity index (χ3n) is 4.62. The third kappa shape index (κ3) is 2.35. The molecule has 0 bridgehead atoms. The summed E-state index contributed by atoms with van der Waals surface area (Å²) in [6.07, 6.45) is 6.52. The van der Waals surface area contributed by atoms with Gasteiger partial charge in [0.25, 0.3) is 0 Å². The van der Waals surface area contributed by atoms with Crippen LogP contribution in [-0.2, 0) is 19.4 Å². The van der Waals surface area contributed by atoms with Crippen molar-refractivity contribution >= 4 is 5.97 Å². The smallest absolute Gasteiger partial charge is 0.356 e. The van der Waals surface area contributed by atoms with Crippen LogP contribution in [0.1, 0.15) is 54.4 Å². The highest BCUT2D eigenvalue weighted by Gasteiger charge is 2.32. The van der Waals surface area contributed by atoms with E-state index in [0.717, 1.165) is 37.8 Å². The summed E-state index contributed by atoms with van der Waals surface area (Å²) in [6.45, 7) is 5.27. The van der Waals surface area contributed by atoms with E-state index >= 15 is 0 Å². The van der Waals surface area contributed by atoms with E-state index < -0.39 is 5.97 Å². The van der Waals surface area contributed by atoms with Crippen molar-refractivity contribution in [3.8, 4) is 0 Å². The number of rotatable bonds is 4. The van der Waals surface area contributed by atoms with Gasteiger partial charge in [0, 0.05) is 23.8 Å². The summed E-state index contributed by atoms with van der Waals surface area (Å²) in [5.74, 6) is -0.877. The quantitative estimate of drug-likeness (QED) is 0.914. The summed E-state index contributed by atoms with van der Waals surface area (Å²) in [7, 11) is 0. The number of nitrogens with zero attached hydrogens (tertiary/aromatic N) is 3. The van der Waals surface area contributed by atoms with Gasteiger partial charge in [-0.25, -0.2) is 4.79 Å². The standard InChI is InChI=1S/C15H23N3O2/c1-2-7-18-13-6-5-11(17-8-3-4-9-17)10-12(13)14(16-18)15(19)20/h11H,2-10H2,1H3,(H,19,20)/t11-/m0/s1. The van der Waals surface area contributed by atoms with Gasteiger partial charge in [-0.15, -0.1) is 0 Å². The minimum atomic E-state index is -0.877. The lowest BCUT2D eigenvalue weighted by atomic mass is 9.90. The van der Waals surface area contributed by atoms with Crippen LogP contribution < -0.4 is 0 Å². The molecule has 0 saturated carbocycles. The Kier molecular flexibility index (Phi) is 3.78. The van der Waals surface area contributed by atoms with Gasteiger partial charge in [-0.1, -0.05) is 6.92 Å². The van der Waals surface area contributed by atoms with Gasteiger partial charge in [-0.05, 0) is 51.6 Å². The maximum absolute atomic E-state index is 11.4. The van der Waals surface area contributed by atoms with Crippen molar-refractivity contribution in [3.05, 3.63) is 17.0 Å². The SMILES string of the molecule is CCCn1nc(C(=O)O)c2c1CC[C@H](N1CCCC1)C2. The van der Waals surface area contributed by atoms with E-state index in [1.807, 2.05) is 4.68 Å². The second-order valence-electron chi connectivity index (χ2n) is 5.94. The van der Waals surface area contributed by atoms with Gasteiger partial charge in [0.1, 0.15) is 0 Å². The zero-order valence-electron chi connectivity index (χ0n) is 12.1. The molecule has 0 unspecified atom stereocenters. The van der Waals surface area contributed by atoms with Gasteiger partial charge in [0.15, 0.2) is 5.69 Å². The van der Waals surface area contributed by atoms with Crippen LogP contribution in [0.3, 0.4) is 0 Å². The topological polar surface area (TPSA) is 58.4 Å². The normalized spacial score (nSPS) is 22.9. The molecule has 1 N–H and O–H groups in total. The van der Waals surface area contributed by atoms with Crippen molar-refractivity contribution in [2.24, 2.45) is 0 Å². The van der Waals surface area contributed by atoms with E-state index in [0.29, 0.717) is 6.04 Å². The molecular weight excluding hydrogens is 254 g/mol. The Hall–Kier alpha value is -1.36. The molecule has 2 aliphatic rings. The number of carboxylic acids is 1. The highest BCUT2D eigenvalue weighted by molar-refractivity contribution is 5.87. The molecule has 1 aromatic heterocycles. The molecule has 1 aliphatic heterocycles. The largest absolute Gasteiger partial charge is 0.476 e. The Bertz CT molecular complexity index is 503. The van der Waals surface area contributed by atoms with Gasteiger partial charge >= 0.3 is 5.97 Å². The van der Waals surface area contributed by atoms with Gasteiger partial charge in [0.2, 0.25) is 0 Å². The molecule has 110 valence electrons. The minimum absolute atomic E-state index is 0.289. The molecule has 2 heterocycles. The summed E-state index contributed by atoms with van der Waals surface area (Å²) in [5.41, 5.74) is 2.45. The number of fused-ring (bicyclic) bond motifs is 1. The molecule has 0 radical (unpaired) electrons. The van der Waals surface area contributed by atoms with Crippen LogP contribution in [0, 0.1) is 0 Å². The van der Waals surface area contributed by atoms with E-state index in [-0.39, 0.29) is 5.69 Å². The van der Waals surface area contributed by atoms with Crippen LogP contribution in [0.5, 0.6) is 0 Å². The fraction of sp³-hybridized carbons (Fsp3) is 0.733. The first-order valence-corrected chi connectivity index (χ1v) is 7.76. The van der Waals surface area contributed by atoms with Crippen molar-refractivity contribution in [2.45, 2.75) is 58.0 Å². The van der Waals surface area contributed by atoms with Crippen LogP contribution in [0.2, 0.25) is 0 Å². The first-order chi connectivity index (χ1) is 9.70. The van der Waals surface area contributed by atoms with Crippen LogP contribution in [0.4, 0.5) is 0 Å². The molecule has 0 spiro atoms. The number of aryl methyl sites for hydroxylation is 1. The summed E-state index contributed by atoms with van der Waals surface area (Å²) < 4.78 is 1.93. The number of aromatic carboxylic acids is 1. The Morgan fingerprint density at radius 1 is 1.40 bits per heavy atom. The Balaban J connectivity index is 1.88. The molecule has 1 fully saturated rings. The average molecular weight is 277 g/mol. The molecule has 0 amide bonds. The first kappa shape index (κ1) is 13.6. The number of likely N-dealkylation sites (tertiary alicyclic amines) is 1. The Morgan fingerprint density at radius 2 is 2.15 bits per heavy atom. The van der Waals surface area contributed by atoms with Crippen molar-refractivity contribution in [1.29, 1.82) is 0 Å². The lowest BCUT2D eigenvalue weighted by molar-refractivity contribution is 0.0687. The summed E-state index contributed by atoms with van der Waals surface area (Å²) in [4.78, 5) is 14.0. The highest BCUT2D eigenvalue weighted by Crippen LogP contribution is 2.29. The molecule has 1 saturated heterocycles. The molecule has 1 aliphatic carbocycles. The number of carbonyl (C=O) groups is 1. The Labute approximate surface area is 119 Å². The second kappa shape index (κ2) is 5.56. The van der Waals surface area contributed by atoms with E-state index in [1.54, 1.807) is 0 Å². The van der Waals surface area contributed by atoms with Crippen molar-refractivity contribution in [2.75, 3.05) is 13.1 Å². The van der Waals surface area contributed by atoms with Gasteiger partial charge in [-0.3, -0.25) is 4.68 Å². The third-order valence-corrected chi connectivity index (χ3v) is 4.62. The molecule has 1 atom stereocenters. The van der Waals surface area contributed by atoms with Crippen LogP contribution in [0.25, 0.3) is 0 Å². The second-order valence-corrected chi connectivity index (χ2v) is 5.94. The minimum Gasteiger partial charge on any atom is -0.476 e. The monoisotopic (exact) mass is 277 g/mol. The number of hydrogen-bond acceptors (Lipinski definition) is 3. The van der Waals surface area contributed by atoms with Crippen LogP contribution in [0.15, 0.2) is 0 Å². The molecule has 3 rings (SSSR count). The number of hydrogen-bond donors (Lipinski definition) is 1. The molecule has 1 aromatic rings. The van der Waals surface area contributed by atoms with Crippen LogP contribution >= 0.6 is 0 Å². The zero-order valence-corrected chi connectivity index (χ0v) is 12.1. The van der Waals surface area contributed by atoms with E-state index in [9.17, 15) is 9.90 Å². The van der Waals surface area contributed by atoms with Crippen LogP contribution in [-0.4, -0.2) is 44.9 Å². The van der Waals surface area contributed by atoms with Crippen molar-refractivity contribution < 1.29 is 9.90 Å². The van der Waals surface area contributed by atoms with E-state index in [4.69, 9.17) is 0 Å². The first-order valence-electron chi connectivity index (χ1n) is 7.76.